The van der Waals surface area contributed by atoms with Crippen LogP contribution in [0, 0.1) is 5.82 Å². The van der Waals surface area contributed by atoms with Gasteiger partial charge in [0.1, 0.15) is 5.82 Å². The first kappa shape index (κ1) is 15.8. The summed E-state index contributed by atoms with van der Waals surface area (Å²) in [5, 5.41) is 11.6. The van der Waals surface area contributed by atoms with Crippen molar-refractivity contribution in [3.63, 3.8) is 0 Å². The molecule has 2 N–H and O–H groups in total. The number of benzene rings is 1. The first-order valence-corrected chi connectivity index (χ1v) is 7.59. The third-order valence-electron chi connectivity index (χ3n) is 3.09. The lowest BCUT2D eigenvalue weighted by molar-refractivity contribution is -0.119. The summed E-state index contributed by atoms with van der Waals surface area (Å²) in [6.07, 6.45) is 2.00. The van der Waals surface area contributed by atoms with Gasteiger partial charge in [-0.05, 0) is 31.0 Å². The fourth-order valence-corrected chi connectivity index (χ4v) is 2.78. The van der Waals surface area contributed by atoms with Gasteiger partial charge in [-0.25, -0.2) is 9.18 Å². The lowest BCUT2D eigenvalue weighted by atomic mass is 10.2. The molecule has 1 atom stereocenters. The Labute approximate surface area is 125 Å². The van der Waals surface area contributed by atoms with Gasteiger partial charge >= 0.3 is 5.97 Å². The van der Waals surface area contributed by atoms with Crippen molar-refractivity contribution in [1.82, 2.24) is 5.32 Å². The monoisotopic (exact) mass is 313 g/mol. The minimum Gasteiger partial charge on any atom is -0.478 e. The Hall–Kier alpha value is -1.60. The van der Waals surface area contributed by atoms with Crippen LogP contribution in [0.4, 0.5) is 4.39 Å². The molecule has 0 bridgehead atoms. The highest BCUT2D eigenvalue weighted by Gasteiger charge is 2.16. The Morgan fingerprint density at radius 1 is 1.48 bits per heavy atom. The Balaban J connectivity index is 1.82. The number of thioether (sulfide) groups is 1. The molecule has 1 heterocycles. The summed E-state index contributed by atoms with van der Waals surface area (Å²) in [6.45, 7) is 1.18. The lowest BCUT2D eigenvalue weighted by Gasteiger charge is -2.10. The van der Waals surface area contributed by atoms with Crippen LogP contribution in [-0.4, -0.2) is 42.0 Å². The van der Waals surface area contributed by atoms with Crippen LogP contribution < -0.4 is 5.32 Å². The van der Waals surface area contributed by atoms with E-state index in [1.807, 2.05) is 0 Å². The van der Waals surface area contributed by atoms with E-state index in [2.05, 4.69) is 5.32 Å². The fourth-order valence-electron chi connectivity index (χ4n) is 1.97. The van der Waals surface area contributed by atoms with Gasteiger partial charge in [-0.2, -0.15) is 0 Å². The Kier molecular flexibility index (Phi) is 5.58. The van der Waals surface area contributed by atoms with E-state index in [-0.39, 0.29) is 28.2 Å². The number of carbonyl (C=O) groups excluding carboxylic acids is 1. The highest BCUT2D eigenvalue weighted by atomic mass is 32.2. The third kappa shape index (κ3) is 4.71. The molecule has 1 aromatic carbocycles. The second-order valence-corrected chi connectivity index (χ2v) is 5.70. The molecule has 1 unspecified atom stereocenters. The van der Waals surface area contributed by atoms with Crippen molar-refractivity contribution in [2.45, 2.75) is 23.8 Å². The number of aromatic carboxylic acids is 1. The molecule has 7 heteroatoms. The molecule has 21 heavy (non-hydrogen) atoms. The van der Waals surface area contributed by atoms with Crippen LogP contribution in [0.15, 0.2) is 23.1 Å². The maximum atomic E-state index is 13.5. The molecule has 1 aliphatic heterocycles. The van der Waals surface area contributed by atoms with Crippen LogP contribution in [0.25, 0.3) is 0 Å². The molecule has 1 fully saturated rings. The molecule has 114 valence electrons. The van der Waals surface area contributed by atoms with Crippen LogP contribution in [0.1, 0.15) is 23.2 Å². The Morgan fingerprint density at radius 2 is 2.29 bits per heavy atom. The van der Waals surface area contributed by atoms with Crippen molar-refractivity contribution < 1.29 is 23.8 Å². The summed E-state index contributed by atoms with van der Waals surface area (Å²) >= 11 is 0.978. The number of hydrogen-bond donors (Lipinski definition) is 2. The van der Waals surface area contributed by atoms with Crippen molar-refractivity contribution in [1.29, 1.82) is 0 Å². The van der Waals surface area contributed by atoms with Crippen LogP contribution in [0.5, 0.6) is 0 Å². The van der Waals surface area contributed by atoms with Gasteiger partial charge in [-0.1, -0.05) is 0 Å². The number of halogens is 1. The van der Waals surface area contributed by atoms with Crippen molar-refractivity contribution in [2.24, 2.45) is 0 Å². The molecule has 5 nitrogen and oxygen atoms in total. The van der Waals surface area contributed by atoms with Crippen molar-refractivity contribution in [3.05, 3.63) is 29.6 Å². The number of carboxylic acids is 1. The van der Waals surface area contributed by atoms with Crippen LogP contribution >= 0.6 is 11.8 Å². The maximum Gasteiger partial charge on any atom is 0.335 e. The number of nitrogens with one attached hydrogen (secondary N) is 1. The summed E-state index contributed by atoms with van der Waals surface area (Å²) in [4.78, 5) is 22.7. The molecule has 0 aromatic heterocycles. The van der Waals surface area contributed by atoms with E-state index < -0.39 is 11.8 Å². The number of amides is 1. The van der Waals surface area contributed by atoms with Gasteiger partial charge in [0.2, 0.25) is 5.91 Å². The zero-order chi connectivity index (χ0) is 15.2. The number of carbonyl (C=O) groups is 2. The molecule has 1 aliphatic rings. The first-order chi connectivity index (χ1) is 10.1. The quantitative estimate of drug-likeness (QED) is 0.785. The zero-order valence-corrected chi connectivity index (χ0v) is 12.1. The fraction of sp³-hybridized carbons (Fsp3) is 0.429. The molecular formula is C14H16FNO4S. The maximum absolute atomic E-state index is 13.5. The predicted octanol–water partition coefficient (Wildman–Crippen LogP) is 1.91. The molecule has 0 saturated carbocycles. The summed E-state index contributed by atoms with van der Waals surface area (Å²) in [5.41, 5.74) is -0.00124. The highest BCUT2D eigenvalue weighted by Crippen LogP contribution is 2.23. The normalized spacial score (nSPS) is 17.7. The van der Waals surface area contributed by atoms with E-state index in [0.29, 0.717) is 6.54 Å². The predicted molar refractivity (Wildman–Crippen MR) is 76.1 cm³/mol. The van der Waals surface area contributed by atoms with Crippen molar-refractivity contribution in [3.8, 4) is 0 Å². The number of ether oxygens (including phenoxy) is 1. The minimum atomic E-state index is -1.13. The molecule has 0 spiro atoms. The average molecular weight is 313 g/mol. The second kappa shape index (κ2) is 7.42. The largest absolute Gasteiger partial charge is 0.478 e. The van der Waals surface area contributed by atoms with Gasteiger partial charge in [-0.3, -0.25) is 4.79 Å². The average Bonchev–Trinajstić information content (AvgIpc) is 2.97. The summed E-state index contributed by atoms with van der Waals surface area (Å²) in [6, 6.07) is 3.52. The zero-order valence-electron chi connectivity index (χ0n) is 11.3. The topological polar surface area (TPSA) is 75.6 Å². The SMILES string of the molecule is O=C(CSc1cc(C(=O)O)ccc1F)NCC1CCCO1. The Morgan fingerprint density at radius 3 is 2.95 bits per heavy atom. The van der Waals surface area contributed by atoms with E-state index in [4.69, 9.17) is 9.84 Å². The highest BCUT2D eigenvalue weighted by molar-refractivity contribution is 8.00. The van der Waals surface area contributed by atoms with E-state index in [9.17, 15) is 14.0 Å². The summed E-state index contributed by atoms with van der Waals surface area (Å²) < 4.78 is 18.9. The summed E-state index contributed by atoms with van der Waals surface area (Å²) in [5.74, 6) is -1.85. The third-order valence-corrected chi connectivity index (χ3v) is 4.12. The van der Waals surface area contributed by atoms with Gasteiger partial charge in [0, 0.05) is 18.0 Å². The van der Waals surface area contributed by atoms with E-state index in [1.165, 1.54) is 12.1 Å². The molecule has 1 aromatic rings. The standard InChI is InChI=1S/C14H16FNO4S/c15-11-4-3-9(14(18)19)6-12(11)21-8-13(17)16-7-10-2-1-5-20-10/h3-4,6,10H,1-2,5,7-8H2,(H,16,17)(H,18,19). The summed E-state index contributed by atoms with van der Waals surface area (Å²) in [7, 11) is 0. The van der Waals surface area contributed by atoms with Crippen molar-refractivity contribution >= 4 is 23.6 Å². The minimum absolute atomic E-state index is 0.00124. The van der Waals surface area contributed by atoms with Crippen LogP contribution in [0.2, 0.25) is 0 Å². The molecule has 1 saturated heterocycles. The van der Waals surface area contributed by atoms with E-state index in [0.717, 1.165) is 37.3 Å². The molecule has 1 amide bonds. The smallest absolute Gasteiger partial charge is 0.335 e. The first-order valence-electron chi connectivity index (χ1n) is 6.60. The van der Waals surface area contributed by atoms with E-state index >= 15 is 0 Å². The number of rotatable bonds is 6. The van der Waals surface area contributed by atoms with Crippen LogP contribution in [-0.2, 0) is 9.53 Å². The lowest BCUT2D eigenvalue weighted by Crippen LogP contribution is -2.32. The van der Waals surface area contributed by atoms with Gasteiger partial charge in [0.05, 0.1) is 17.4 Å². The van der Waals surface area contributed by atoms with E-state index in [1.54, 1.807) is 0 Å². The Bertz CT molecular complexity index is 532. The number of carboxylic acid groups (broad SMARTS) is 1. The van der Waals surface area contributed by atoms with Gasteiger partial charge in [-0.15, -0.1) is 11.8 Å². The molecule has 0 aliphatic carbocycles. The second-order valence-electron chi connectivity index (χ2n) is 4.68. The van der Waals surface area contributed by atoms with Crippen LogP contribution in [0.3, 0.4) is 0 Å². The molecule has 2 rings (SSSR count). The molecular weight excluding hydrogens is 297 g/mol. The van der Waals surface area contributed by atoms with Gasteiger partial charge < -0.3 is 15.2 Å². The van der Waals surface area contributed by atoms with Gasteiger partial charge in [0.15, 0.2) is 0 Å². The molecule has 0 radical (unpaired) electrons. The van der Waals surface area contributed by atoms with Crippen molar-refractivity contribution in [2.75, 3.05) is 18.9 Å². The van der Waals surface area contributed by atoms with Gasteiger partial charge in [0.25, 0.3) is 0 Å². The number of hydrogen-bond acceptors (Lipinski definition) is 4.